The third kappa shape index (κ3) is 4.24. The van der Waals surface area contributed by atoms with E-state index in [-0.39, 0.29) is 11.8 Å². The van der Waals surface area contributed by atoms with E-state index in [4.69, 9.17) is 9.41 Å². The molecule has 1 N–H and O–H groups in total. The average Bonchev–Trinajstić information content (AvgIpc) is 3.11. The molecule has 26 heavy (non-hydrogen) atoms. The van der Waals surface area contributed by atoms with Gasteiger partial charge < -0.3 is 14.6 Å². The van der Waals surface area contributed by atoms with Crippen molar-refractivity contribution >= 4 is 15.8 Å². The van der Waals surface area contributed by atoms with Crippen LogP contribution in [0.25, 0.3) is 0 Å². The lowest BCUT2D eigenvalue weighted by Gasteiger charge is -2.45. The lowest BCUT2D eigenvalue weighted by Crippen LogP contribution is -2.60. The average molecular weight is 382 g/mol. The Labute approximate surface area is 157 Å². The van der Waals surface area contributed by atoms with Gasteiger partial charge in [0, 0.05) is 32.1 Å². The fraction of sp³-hybridized carbons (Fsp3) is 0.737. The van der Waals surface area contributed by atoms with E-state index in [0.717, 1.165) is 50.2 Å². The number of hydrogen-bond donors (Lipinski definition) is 1. The van der Waals surface area contributed by atoms with Crippen LogP contribution in [0.2, 0.25) is 0 Å². The number of nitrogens with zero attached hydrogens (tertiary/aromatic N) is 2. The van der Waals surface area contributed by atoms with Crippen molar-refractivity contribution in [3.63, 3.8) is 0 Å². The maximum atomic E-state index is 12.8. The third-order valence-electron chi connectivity index (χ3n) is 5.45. The van der Waals surface area contributed by atoms with Gasteiger partial charge in [-0.3, -0.25) is 4.99 Å². The Morgan fingerprint density at radius 1 is 1.35 bits per heavy atom. The Kier molecular flexibility index (Phi) is 5.95. The highest BCUT2D eigenvalue weighted by Crippen LogP contribution is 2.38. The molecule has 1 saturated carbocycles. The number of aliphatic imine (C=N–C) groups is 1. The van der Waals surface area contributed by atoms with Gasteiger partial charge in [0.2, 0.25) is 0 Å². The molecule has 0 aromatic carbocycles. The van der Waals surface area contributed by atoms with Crippen LogP contribution < -0.4 is 5.32 Å². The first-order valence-corrected chi connectivity index (χ1v) is 11.4. The maximum Gasteiger partial charge on any atom is 0.194 e. The predicted octanol–water partition coefficient (Wildman–Crippen LogP) is 2.61. The molecule has 7 heteroatoms. The minimum Gasteiger partial charge on any atom is -0.469 e. The number of nitrogens with one attached hydrogen (secondary N) is 1. The zero-order valence-electron chi connectivity index (χ0n) is 15.9. The van der Waals surface area contributed by atoms with Gasteiger partial charge in [0.15, 0.2) is 15.8 Å². The van der Waals surface area contributed by atoms with Crippen LogP contribution in [-0.2, 0) is 16.3 Å². The largest absolute Gasteiger partial charge is 0.469 e. The van der Waals surface area contributed by atoms with Crippen molar-refractivity contribution in [1.29, 1.82) is 0 Å². The molecule has 0 amide bonds. The number of furan rings is 1. The molecule has 2 aliphatic rings. The van der Waals surface area contributed by atoms with Crippen molar-refractivity contribution in [3.05, 3.63) is 24.2 Å². The number of guanidine groups is 1. The van der Waals surface area contributed by atoms with E-state index in [1.165, 1.54) is 0 Å². The number of sulfone groups is 1. The first-order chi connectivity index (χ1) is 12.4. The van der Waals surface area contributed by atoms with Crippen LogP contribution in [0.5, 0.6) is 0 Å². The van der Waals surface area contributed by atoms with E-state index in [2.05, 4.69) is 24.1 Å². The van der Waals surface area contributed by atoms with Crippen molar-refractivity contribution in [1.82, 2.24) is 10.2 Å². The molecule has 3 rings (SSSR count). The molecular weight excluding hydrogens is 350 g/mol. The van der Waals surface area contributed by atoms with Crippen molar-refractivity contribution in [2.75, 3.05) is 25.4 Å². The second-order valence-corrected chi connectivity index (χ2v) is 10.3. The minimum atomic E-state index is -3.04. The zero-order valence-corrected chi connectivity index (χ0v) is 16.7. The molecule has 146 valence electrons. The molecule has 1 aliphatic carbocycles. The van der Waals surface area contributed by atoms with Crippen molar-refractivity contribution in [2.45, 2.75) is 63.2 Å². The van der Waals surface area contributed by atoms with Crippen LogP contribution in [0.1, 0.15) is 51.7 Å². The Morgan fingerprint density at radius 2 is 2.12 bits per heavy atom. The third-order valence-corrected chi connectivity index (χ3v) is 8.03. The Bertz CT molecular complexity index is 704. The summed E-state index contributed by atoms with van der Waals surface area (Å²) in [5, 5.41) is 3.43. The van der Waals surface area contributed by atoms with Gasteiger partial charge in [-0.15, -0.1) is 0 Å². The van der Waals surface area contributed by atoms with E-state index in [1.54, 1.807) is 6.26 Å². The lowest BCUT2D eigenvalue weighted by atomic mass is 9.87. The van der Waals surface area contributed by atoms with Crippen LogP contribution in [0, 0.1) is 0 Å². The highest BCUT2D eigenvalue weighted by atomic mass is 32.2. The summed E-state index contributed by atoms with van der Waals surface area (Å²) in [7, 11) is -3.04. The van der Waals surface area contributed by atoms with Crippen LogP contribution in [-0.4, -0.2) is 55.5 Å². The fourth-order valence-electron chi connectivity index (χ4n) is 4.04. The van der Waals surface area contributed by atoms with E-state index in [1.807, 2.05) is 12.1 Å². The Morgan fingerprint density at radius 3 is 2.77 bits per heavy atom. The highest BCUT2D eigenvalue weighted by molar-refractivity contribution is 7.92. The van der Waals surface area contributed by atoms with Gasteiger partial charge in [0.05, 0.1) is 16.8 Å². The normalized spacial score (nSPS) is 22.7. The first-order valence-electron chi connectivity index (χ1n) is 9.72. The van der Waals surface area contributed by atoms with Crippen molar-refractivity contribution in [2.24, 2.45) is 4.99 Å². The molecule has 2 heterocycles. The summed E-state index contributed by atoms with van der Waals surface area (Å²) in [6, 6.07) is 4.09. The molecular formula is C19H31N3O3S. The SMILES string of the molecule is CC(C)NC(=NCCc1ccco1)N1CCS(=O)(=O)C2(CCCCC2)C1. The number of rotatable bonds is 4. The molecule has 0 unspecified atom stereocenters. The van der Waals surface area contributed by atoms with Gasteiger partial charge >= 0.3 is 0 Å². The maximum absolute atomic E-state index is 12.8. The van der Waals surface area contributed by atoms with Crippen LogP contribution in [0.15, 0.2) is 27.8 Å². The monoisotopic (exact) mass is 381 g/mol. The first kappa shape index (κ1) is 19.3. The Hall–Kier alpha value is -1.50. The van der Waals surface area contributed by atoms with Gasteiger partial charge in [-0.2, -0.15) is 0 Å². The van der Waals surface area contributed by atoms with Crippen LogP contribution >= 0.6 is 0 Å². The molecule has 1 aromatic rings. The van der Waals surface area contributed by atoms with Gasteiger partial charge in [-0.05, 0) is 38.8 Å². The molecule has 1 aliphatic heterocycles. The van der Waals surface area contributed by atoms with Crippen LogP contribution in [0.3, 0.4) is 0 Å². The number of hydrogen-bond acceptors (Lipinski definition) is 4. The van der Waals surface area contributed by atoms with Crippen molar-refractivity contribution in [3.8, 4) is 0 Å². The smallest absolute Gasteiger partial charge is 0.194 e. The van der Waals surface area contributed by atoms with E-state index in [9.17, 15) is 8.42 Å². The van der Waals surface area contributed by atoms with Crippen molar-refractivity contribution < 1.29 is 12.8 Å². The second kappa shape index (κ2) is 8.03. The predicted molar refractivity (Wildman–Crippen MR) is 104 cm³/mol. The molecule has 1 saturated heterocycles. The summed E-state index contributed by atoms with van der Waals surface area (Å²) in [5.41, 5.74) is 0. The van der Waals surface area contributed by atoms with E-state index in [0.29, 0.717) is 19.6 Å². The molecule has 0 atom stereocenters. The second-order valence-electron chi connectivity index (χ2n) is 7.82. The summed E-state index contributed by atoms with van der Waals surface area (Å²) >= 11 is 0. The van der Waals surface area contributed by atoms with Gasteiger partial charge in [-0.25, -0.2) is 8.42 Å². The minimum absolute atomic E-state index is 0.226. The quantitative estimate of drug-likeness (QED) is 0.641. The Balaban J connectivity index is 1.75. The standard InChI is InChI=1S/C19H31N3O3S/c1-16(2)21-18(20-11-8-17-7-6-13-25-17)22-12-14-26(23,24)19(15-22)9-4-3-5-10-19/h6-7,13,16H,3-5,8-12,14-15H2,1-2H3,(H,20,21). The summed E-state index contributed by atoms with van der Waals surface area (Å²) in [4.78, 5) is 6.93. The summed E-state index contributed by atoms with van der Waals surface area (Å²) in [5.74, 6) is 1.97. The topological polar surface area (TPSA) is 74.9 Å². The zero-order chi connectivity index (χ0) is 18.6. The summed E-state index contributed by atoms with van der Waals surface area (Å²) < 4.78 is 30.4. The molecule has 1 spiro atoms. The lowest BCUT2D eigenvalue weighted by molar-refractivity contribution is 0.272. The molecule has 1 aromatic heterocycles. The molecule has 6 nitrogen and oxygen atoms in total. The molecule has 2 fully saturated rings. The summed E-state index contributed by atoms with van der Waals surface area (Å²) in [6.07, 6.45) is 7.15. The van der Waals surface area contributed by atoms with Crippen LogP contribution in [0.4, 0.5) is 0 Å². The van der Waals surface area contributed by atoms with Gasteiger partial charge in [0.1, 0.15) is 5.76 Å². The van der Waals surface area contributed by atoms with E-state index >= 15 is 0 Å². The highest BCUT2D eigenvalue weighted by Gasteiger charge is 2.48. The molecule has 0 radical (unpaired) electrons. The van der Waals surface area contributed by atoms with E-state index < -0.39 is 14.6 Å². The summed E-state index contributed by atoms with van der Waals surface area (Å²) in [6.45, 7) is 5.87. The van der Waals surface area contributed by atoms with Gasteiger partial charge in [0.25, 0.3) is 0 Å². The van der Waals surface area contributed by atoms with Gasteiger partial charge in [-0.1, -0.05) is 19.3 Å². The fourth-order valence-corrected chi connectivity index (χ4v) is 6.20. The molecule has 0 bridgehead atoms.